The second-order valence-corrected chi connectivity index (χ2v) is 4.45. The molecule has 1 atom stereocenters. The van der Waals surface area contributed by atoms with Gasteiger partial charge in [0.2, 0.25) is 5.90 Å². The first-order valence-corrected chi connectivity index (χ1v) is 6.40. The maximum absolute atomic E-state index is 5.60. The molecule has 0 saturated carbocycles. The Balaban J connectivity index is 1.72. The van der Waals surface area contributed by atoms with Gasteiger partial charge in [0.25, 0.3) is 0 Å². The van der Waals surface area contributed by atoms with Crippen molar-refractivity contribution < 1.29 is 4.74 Å². The molecule has 2 aromatic carbocycles. The van der Waals surface area contributed by atoms with Gasteiger partial charge in [-0.3, -0.25) is 0 Å². The summed E-state index contributed by atoms with van der Waals surface area (Å²) in [6.45, 7) is 0.623. The molecule has 0 saturated heterocycles. The van der Waals surface area contributed by atoms with Crippen molar-refractivity contribution in [2.75, 3.05) is 6.61 Å². The third-order valence-electron chi connectivity index (χ3n) is 3.07. The third-order valence-corrected chi connectivity index (χ3v) is 3.07. The number of benzene rings is 2. The lowest BCUT2D eigenvalue weighted by Gasteiger charge is -2.03. The van der Waals surface area contributed by atoms with Gasteiger partial charge in [-0.1, -0.05) is 60.7 Å². The number of ether oxygens (including phenoxy) is 1. The fraction of sp³-hybridized carbons (Fsp3) is 0.118. The lowest BCUT2D eigenvalue weighted by molar-refractivity contribution is 0.321. The van der Waals surface area contributed by atoms with Crippen LogP contribution >= 0.6 is 0 Å². The summed E-state index contributed by atoms with van der Waals surface area (Å²) in [6.07, 6.45) is 3.95. The van der Waals surface area contributed by atoms with E-state index in [9.17, 15) is 0 Å². The van der Waals surface area contributed by atoms with Crippen LogP contribution in [0.15, 0.2) is 71.7 Å². The van der Waals surface area contributed by atoms with E-state index in [1.807, 2.05) is 48.6 Å². The highest BCUT2D eigenvalue weighted by Gasteiger charge is 2.18. The first kappa shape index (κ1) is 11.7. The summed E-state index contributed by atoms with van der Waals surface area (Å²) in [6, 6.07) is 20.5. The second-order valence-electron chi connectivity index (χ2n) is 4.45. The second kappa shape index (κ2) is 5.53. The Morgan fingerprint density at radius 3 is 2.32 bits per heavy atom. The molecule has 0 aromatic heterocycles. The highest BCUT2D eigenvalue weighted by atomic mass is 16.5. The predicted molar refractivity (Wildman–Crippen MR) is 78.0 cm³/mol. The molecule has 0 spiro atoms. The first-order valence-electron chi connectivity index (χ1n) is 6.40. The Kier molecular flexibility index (Phi) is 3.41. The smallest absolute Gasteiger partial charge is 0.209 e. The van der Waals surface area contributed by atoms with Crippen molar-refractivity contribution in [2.45, 2.75) is 6.04 Å². The monoisotopic (exact) mass is 249 g/mol. The van der Waals surface area contributed by atoms with E-state index >= 15 is 0 Å². The van der Waals surface area contributed by atoms with Gasteiger partial charge in [-0.05, 0) is 17.2 Å². The highest BCUT2D eigenvalue weighted by Crippen LogP contribution is 2.23. The molecule has 0 N–H and O–H groups in total. The molecule has 1 aliphatic rings. The van der Waals surface area contributed by atoms with Crippen LogP contribution in [0.3, 0.4) is 0 Å². The van der Waals surface area contributed by atoms with Crippen molar-refractivity contribution in [1.29, 1.82) is 0 Å². The Bertz CT molecular complexity index is 587. The molecular formula is C17H15NO. The minimum absolute atomic E-state index is 0.122. The van der Waals surface area contributed by atoms with Crippen LogP contribution < -0.4 is 0 Å². The average molecular weight is 249 g/mol. The topological polar surface area (TPSA) is 21.6 Å². The Hall–Kier alpha value is -2.35. The van der Waals surface area contributed by atoms with Crippen LogP contribution in [0.4, 0.5) is 0 Å². The summed E-state index contributed by atoms with van der Waals surface area (Å²) in [4.78, 5) is 4.58. The van der Waals surface area contributed by atoms with Gasteiger partial charge in [-0.25, -0.2) is 4.99 Å². The fourth-order valence-electron chi connectivity index (χ4n) is 2.06. The number of hydrogen-bond acceptors (Lipinski definition) is 2. The minimum atomic E-state index is 0.122. The number of aliphatic imine (C=N–C) groups is 1. The molecular weight excluding hydrogens is 234 g/mol. The van der Waals surface area contributed by atoms with Gasteiger partial charge in [-0.2, -0.15) is 0 Å². The molecule has 0 amide bonds. The maximum Gasteiger partial charge on any atom is 0.209 e. The van der Waals surface area contributed by atoms with Crippen molar-refractivity contribution >= 4 is 12.0 Å². The van der Waals surface area contributed by atoms with Crippen molar-refractivity contribution in [3.8, 4) is 0 Å². The zero-order valence-electron chi connectivity index (χ0n) is 10.6. The van der Waals surface area contributed by atoms with Crippen LogP contribution in [0.5, 0.6) is 0 Å². The molecule has 0 unspecified atom stereocenters. The van der Waals surface area contributed by atoms with E-state index in [1.165, 1.54) is 5.56 Å². The van der Waals surface area contributed by atoms with Gasteiger partial charge >= 0.3 is 0 Å². The molecule has 0 aliphatic carbocycles. The summed E-state index contributed by atoms with van der Waals surface area (Å²) in [5.41, 5.74) is 2.35. The molecule has 3 rings (SSSR count). The van der Waals surface area contributed by atoms with E-state index in [2.05, 4.69) is 29.3 Å². The predicted octanol–water partition coefficient (Wildman–Crippen LogP) is 3.87. The standard InChI is InChI=1S/C17H15NO/c1-3-7-14(8-4-1)11-12-17-18-16(13-19-17)15-9-5-2-6-10-15/h1-12,16H,13H2/t16-/m0/s1. The van der Waals surface area contributed by atoms with Crippen LogP contribution in [0.25, 0.3) is 6.08 Å². The molecule has 94 valence electrons. The van der Waals surface area contributed by atoms with Crippen molar-refractivity contribution in [2.24, 2.45) is 4.99 Å². The highest BCUT2D eigenvalue weighted by molar-refractivity contribution is 5.92. The Labute approximate surface area is 113 Å². The van der Waals surface area contributed by atoms with Gasteiger partial charge < -0.3 is 4.74 Å². The molecule has 0 bridgehead atoms. The lowest BCUT2D eigenvalue weighted by atomic mass is 10.1. The quantitative estimate of drug-likeness (QED) is 0.809. The first-order chi connectivity index (χ1) is 9.42. The summed E-state index contributed by atoms with van der Waals surface area (Å²) < 4.78 is 5.60. The molecule has 2 heteroatoms. The van der Waals surface area contributed by atoms with E-state index in [-0.39, 0.29) is 6.04 Å². The minimum Gasteiger partial charge on any atom is -0.475 e. The Morgan fingerprint density at radius 1 is 0.895 bits per heavy atom. The van der Waals surface area contributed by atoms with Crippen LogP contribution in [-0.4, -0.2) is 12.5 Å². The summed E-state index contributed by atoms with van der Waals surface area (Å²) in [5, 5.41) is 0. The molecule has 1 aliphatic heterocycles. The maximum atomic E-state index is 5.60. The summed E-state index contributed by atoms with van der Waals surface area (Å²) in [5.74, 6) is 0.706. The summed E-state index contributed by atoms with van der Waals surface area (Å²) >= 11 is 0. The van der Waals surface area contributed by atoms with Gasteiger partial charge in [-0.15, -0.1) is 0 Å². The molecule has 2 nitrogen and oxygen atoms in total. The molecule has 0 fully saturated rings. The normalized spacial score (nSPS) is 18.3. The molecule has 1 heterocycles. The van der Waals surface area contributed by atoms with E-state index in [1.54, 1.807) is 0 Å². The lowest BCUT2D eigenvalue weighted by Crippen LogP contribution is -1.97. The number of nitrogens with zero attached hydrogens (tertiary/aromatic N) is 1. The van der Waals surface area contributed by atoms with E-state index in [0.717, 1.165) is 5.56 Å². The largest absolute Gasteiger partial charge is 0.475 e. The van der Waals surface area contributed by atoms with E-state index < -0.39 is 0 Å². The van der Waals surface area contributed by atoms with Crippen molar-refractivity contribution in [3.05, 3.63) is 77.9 Å². The molecule has 2 aromatic rings. The van der Waals surface area contributed by atoms with E-state index in [4.69, 9.17) is 4.74 Å². The molecule has 19 heavy (non-hydrogen) atoms. The van der Waals surface area contributed by atoms with Gasteiger partial charge in [0, 0.05) is 6.08 Å². The SMILES string of the molecule is C(=Cc1ccccc1)C1=N[C@H](c2ccccc2)CO1. The fourth-order valence-corrected chi connectivity index (χ4v) is 2.06. The van der Waals surface area contributed by atoms with Crippen LogP contribution in [0, 0.1) is 0 Å². The zero-order valence-corrected chi connectivity index (χ0v) is 10.6. The zero-order chi connectivity index (χ0) is 12.9. The average Bonchev–Trinajstić information content (AvgIpc) is 2.96. The number of rotatable bonds is 3. The van der Waals surface area contributed by atoms with Gasteiger partial charge in [0.05, 0.1) is 0 Å². The van der Waals surface area contributed by atoms with Gasteiger partial charge in [0.15, 0.2) is 0 Å². The molecule has 0 radical (unpaired) electrons. The van der Waals surface area contributed by atoms with Crippen molar-refractivity contribution in [3.63, 3.8) is 0 Å². The van der Waals surface area contributed by atoms with Crippen LogP contribution in [-0.2, 0) is 4.74 Å². The van der Waals surface area contributed by atoms with Crippen LogP contribution in [0.1, 0.15) is 17.2 Å². The van der Waals surface area contributed by atoms with E-state index in [0.29, 0.717) is 12.5 Å². The third kappa shape index (κ3) is 2.91. The Morgan fingerprint density at radius 2 is 1.58 bits per heavy atom. The summed E-state index contributed by atoms with van der Waals surface area (Å²) in [7, 11) is 0. The van der Waals surface area contributed by atoms with Gasteiger partial charge in [0.1, 0.15) is 12.6 Å². The number of hydrogen-bond donors (Lipinski definition) is 0. The van der Waals surface area contributed by atoms with Crippen molar-refractivity contribution in [1.82, 2.24) is 0 Å². The van der Waals surface area contributed by atoms with Crippen LogP contribution in [0.2, 0.25) is 0 Å².